The van der Waals surface area contributed by atoms with Crippen molar-refractivity contribution in [3.63, 3.8) is 0 Å². The smallest absolute Gasteiger partial charge is 0.293 e. The molecule has 1 rings (SSSR count). The quantitative estimate of drug-likeness (QED) is 0.531. The SMILES string of the molecule is CC.CCl.CN1CCC(OC=O)CC1. The summed E-state index contributed by atoms with van der Waals surface area (Å²) in [4.78, 5) is 12.2. The first kappa shape index (κ1) is 16.2. The molecule has 0 N–H and O–H groups in total. The average Bonchev–Trinajstić information content (AvgIpc) is 2.28. The van der Waals surface area contributed by atoms with Crippen LogP contribution >= 0.6 is 11.6 Å². The number of rotatable bonds is 2. The van der Waals surface area contributed by atoms with Crippen LogP contribution < -0.4 is 0 Å². The highest BCUT2D eigenvalue weighted by atomic mass is 35.5. The van der Waals surface area contributed by atoms with E-state index >= 15 is 0 Å². The maximum atomic E-state index is 9.92. The van der Waals surface area contributed by atoms with E-state index in [4.69, 9.17) is 4.74 Å². The number of likely N-dealkylation sites (tertiary alicyclic amines) is 1. The van der Waals surface area contributed by atoms with E-state index < -0.39 is 0 Å². The summed E-state index contributed by atoms with van der Waals surface area (Å²) in [5.74, 6) is 0. The summed E-state index contributed by atoms with van der Waals surface area (Å²) in [6.45, 7) is 6.63. The number of hydrogen-bond acceptors (Lipinski definition) is 3. The van der Waals surface area contributed by atoms with Gasteiger partial charge in [-0.05, 0) is 19.9 Å². The molecule has 0 spiro atoms. The van der Waals surface area contributed by atoms with Gasteiger partial charge in [-0.2, -0.15) is 0 Å². The molecule has 0 bridgehead atoms. The molecule has 1 aliphatic heterocycles. The van der Waals surface area contributed by atoms with Crippen molar-refractivity contribution >= 4 is 18.1 Å². The topological polar surface area (TPSA) is 29.5 Å². The summed E-state index contributed by atoms with van der Waals surface area (Å²) >= 11 is 4.64. The first-order valence-corrected chi connectivity index (χ1v) is 5.74. The summed E-state index contributed by atoms with van der Waals surface area (Å²) in [5, 5.41) is 0. The number of ether oxygens (including phenoxy) is 1. The van der Waals surface area contributed by atoms with E-state index in [2.05, 4.69) is 23.5 Å². The van der Waals surface area contributed by atoms with Crippen LogP contribution in [0.15, 0.2) is 0 Å². The minimum Gasteiger partial charge on any atom is -0.464 e. The van der Waals surface area contributed by atoms with E-state index in [9.17, 15) is 4.79 Å². The summed E-state index contributed by atoms with van der Waals surface area (Å²) in [5.41, 5.74) is 0. The van der Waals surface area contributed by atoms with Gasteiger partial charge in [0.1, 0.15) is 6.10 Å². The highest BCUT2D eigenvalue weighted by molar-refractivity contribution is 6.15. The molecule has 0 amide bonds. The third kappa shape index (κ3) is 8.32. The Morgan fingerprint density at radius 3 is 2.07 bits per heavy atom. The number of nitrogens with zero attached hydrogens (tertiary/aromatic N) is 1. The highest BCUT2D eigenvalue weighted by Gasteiger charge is 2.16. The van der Waals surface area contributed by atoms with Crippen LogP contribution in [0.2, 0.25) is 0 Å². The van der Waals surface area contributed by atoms with Crippen molar-refractivity contribution in [1.82, 2.24) is 4.90 Å². The molecule has 1 saturated heterocycles. The van der Waals surface area contributed by atoms with Gasteiger partial charge in [0.2, 0.25) is 0 Å². The third-order valence-corrected chi connectivity index (χ3v) is 1.91. The lowest BCUT2D eigenvalue weighted by Gasteiger charge is -2.27. The second kappa shape index (κ2) is 12.7. The van der Waals surface area contributed by atoms with Gasteiger partial charge in [-0.25, -0.2) is 0 Å². The van der Waals surface area contributed by atoms with Crippen LogP contribution in [-0.4, -0.2) is 44.0 Å². The van der Waals surface area contributed by atoms with E-state index in [0.717, 1.165) is 25.9 Å². The van der Waals surface area contributed by atoms with Crippen molar-refractivity contribution in [1.29, 1.82) is 0 Å². The van der Waals surface area contributed by atoms with Gasteiger partial charge in [-0.15, -0.1) is 11.6 Å². The monoisotopic (exact) mass is 223 g/mol. The predicted octanol–water partition coefficient (Wildman–Crippen LogP) is 2.13. The molecule has 3 nitrogen and oxygen atoms in total. The maximum absolute atomic E-state index is 9.92. The fourth-order valence-corrected chi connectivity index (χ4v) is 1.20. The van der Waals surface area contributed by atoms with Gasteiger partial charge in [0.15, 0.2) is 0 Å². The van der Waals surface area contributed by atoms with Gasteiger partial charge in [0, 0.05) is 19.5 Å². The van der Waals surface area contributed by atoms with Gasteiger partial charge >= 0.3 is 0 Å². The number of halogens is 1. The van der Waals surface area contributed by atoms with E-state index in [1.54, 1.807) is 0 Å². The zero-order chi connectivity index (χ0) is 11.4. The molecule has 0 atom stereocenters. The minimum atomic E-state index is 0.175. The maximum Gasteiger partial charge on any atom is 0.293 e. The minimum absolute atomic E-state index is 0.175. The van der Waals surface area contributed by atoms with Crippen LogP contribution in [0.1, 0.15) is 26.7 Å². The summed E-state index contributed by atoms with van der Waals surface area (Å²) < 4.78 is 4.82. The lowest BCUT2D eigenvalue weighted by molar-refractivity contribution is -0.135. The normalized spacial score (nSPS) is 16.9. The van der Waals surface area contributed by atoms with E-state index in [1.807, 2.05) is 13.8 Å². The zero-order valence-corrected chi connectivity index (χ0v) is 10.4. The van der Waals surface area contributed by atoms with Crippen molar-refractivity contribution in [3.8, 4) is 0 Å². The number of alkyl halides is 1. The fourth-order valence-electron chi connectivity index (χ4n) is 1.20. The van der Waals surface area contributed by atoms with Crippen molar-refractivity contribution in [3.05, 3.63) is 0 Å². The average molecular weight is 224 g/mol. The van der Waals surface area contributed by atoms with Crippen molar-refractivity contribution in [2.24, 2.45) is 0 Å². The fraction of sp³-hybridized carbons (Fsp3) is 0.900. The molecule has 0 saturated carbocycles. The Hall–Kier alpha value is -0.280. The number of carbonyl (C=O) groups excluding carboxylic acids is 1. The lowest BCUT2D eigenvalue weighted by Crippen LogP contribution is -2.33. The molecule has 1 fully saturated rings. The van der Waals surface area contributed by atoms with Crippen molar-refractivity contribution in [2.45, 2.75) is 32.8 Å². The molecule has 86 valence electrons. The second-order valence-corrected chi connectivity index (χ2v) is 2.73. The Balaban J connectivity index is 0. The molecule has 1 heterocycles. The van der Waals surface area contributed by atoms with Crippen LogP contribution in [0.4, 0.5) is 0 Å². The molecule has 1 aliphatic rings. The van der Waals surface area contributed by atoms with Crippen molar-refractivity contribution < 1.29 is 9.53 Å². The van der Waals surface area contributed by atoms with Crippen LogP contribution in [-0.2, 0) is 9.53 Å². The zero-order valence-electron chi connectivity index (χ0n) is 9.62. The number of hydrogen-bond donors (Lipinski definition) is 0. The van der Waals surface area contributed by atoms with E-state index in [-0.39, 0.29) is 6.10 Å². The molecule has 0 aromatic carbocycles. The Morgan fingerprint density at radius 2 is 1.71 bits per heavy atom. The van der Waals surface area contributed by atoms with Gasteiger partial charge in [0.25, 0.3) is 6.47 Å². The van der Waals surface area contributed by atoms with Gasteiger partial charge in [-0.3, -0.25) is 4.79 Å². The third-order valence-electron chi connectivity index (χ3n) is 1.91. The summed E-state index contributed by atoms with van der Waals surface area (Å²) in [6, 6.07) is 0. The van der Waals surface area contributed by atoms with Crippen molar-refractivity contribution in [2.75, 3.05) is 26.5 Å². The van der Waals surface area contributed by atoms with Gasteiger partial charge in [0.05, 0.1) is 0 Å². The number of carbonyl (C=O) groups is 1. The molecule has 0 aromatic rings. The van der Waals surface area contributed by atoms with E-state index in [1.165, 1.54) is 6.38 Å². The summed E-state index contributed by atoms with van der Waals surface area (Å²) in [6.07, 6.45) is 3.61. The first-order chi connectivity index (χ1) is 6.83. The standard InChI is InChI=1S/C7H13NO2.C2H6.CH3Cl/c1-8-4-2-7(3-5-8)10-6-9;2*1-2/h6-7H,2-5H2,1H3;1-2H3;1H3. The Kier molecular flexibility index (Phi) is 14.7. The Morgan fingerprint density at radius 1 is 1.29 bits per heavy atom. The molecule has 0 aromatic heterocycles. The van der Waals surface area contributed by atoms with Crippen LogP contribution in [0, 0.1) is 0 Å². The van der Waals surface area contributed by atoms with Crippen LogP contribution in [0.5, 0.6) is 0 Å². The van der Waals surface area contributed by atoms with Gasteiger partial charge in [-0.1, -0.05) is 13.8 Å². The van der Waals surface area contributed by atoms with E-state index in [0.29, 0.717) is 6.47 Å². The summed E-state index contributed by atoms with van der Waals surface area (Å²) in [7, 11) is 2.08. The number of piperidine rings is 1. The highest BCUT2D eigenvalue weighted by Crippen LogP contribution is 2.10. The predicted molar refractivity (Wildman–Crippen MR) is 60.8 cm³/mol. The second-order valence-electron chi connectivity index (χ2n) is 2.73. The Bertz CT molecular complexity index is 115. The molecular formula is C10H22ClNO2. The lowest BCUT2D eigenvalue weighted by atomic mass is 10.1. The molecule has 0 aliphatic carbocycles. The first-order valence-electron chi connectivity index (χ1n) is 4.98. The molecule has 0 radical (unpaired) electrons. The molecule has 0 unspecified atom stereocenters. The largest absolute Gasteiger partial charge is 0.464 e. The van der Waals surface area contributed by atoms with Crippen LogP contribution in [0.3, 0.4) is 0 Å². The Labute approximate surface area is 92.4 Å². The molecule has 14 heavy (non-hydrogen) atoms. The molecule has 4 heteroatoms. The van der Waals surface area contributed by atoms with Crippen LogP contribution in [0.25, 0.3) is 0 Å². The molecular weight excluding hydrogens is 202 g/mol. The van der Waals surface area contributed by atoms with Gasteiger partial charge < -0.3 is 9.64 Å².